The molecule has 0 saturated carbocycles. The molecule has 2 nitrogen and oxygen atoms in total. The fourth-order valence-electron chi connectivity index (χ4n) is 3.40. The first-order valence-corrected chi connectivity index (χ1v) is 7.58. The summed E-state index contributed by atoms with van der Waals surface area (Å²) in [5.41, 5.74) is 6.84. The molecular weight excluding hydrogens is 258 g/mol. The maximum Gasteiger partial charge on any atom is 0.0657 e. The Morgan fingerprint density at radius 3 is 2.52 bits per heavy atom. The van der Waals surface area contributed by atoms with Crippen LogP contribution >= 0.6 is 0 Å². The molecule has 0 fully saturated rings. The number of rotatable bonds is 3. The lowest BCUT2D eigenvalue weighted by molar-refractivity contribution is 0.156. The molecule has 2 aromatic rings. The molecule has 2 atom stereocenters. The highest BCUT2D eigenvalue weighted by atomic mass is 16.5. The third kappa shape index (κ3) is 3.02. The Bertz CT molecular complexity index is 615. The van der Waals surface area contributed by atoms with Crippen molar-refractivity contribution < 1.29 is 4.74 Å². The van der Waals surface area contributed by atoms with Crippen LogP contribution in [0.3, 0.4) is 0 Å². The zero-order valence-corrected chi connectivity index (χ0v) is 13.0. The summed E-state index contributed by atoms with van der Waals surface area (Å²) in [6, 6.07) is 16.1. The summed E-state index contributed by atoms with van der Waals surface area (Å²) in [6.07, 6.45) is 1.04. The fraction of sp³-hybridized carbons (Fsp3) is 0.368. The monoisotopic (exact) mass is 281 g/mol. The predicted octanol–water partition coefficient (Wildman–Crippen LogP) is 3.88. The van der Waals surface area contributed by atoms with Gasteiger partial charge < -0.3 is 10.1 Å². The normalized spacial score (nSPS) is 21.1. The Hall–Kier alpha value is -1.64. The molecule has 21 heavy (non-hydrogen) atoms. The maximum absolute atomic E-state index is 5.41. The van der Waals surface area contributed by atoms with Crippen LogP contribution in [0.15, 0.2) is 42.5 Å². The molecule has 1 heterocycles. The van der Waals surface area contributed by atoms with Gasteiger partial charge in [-0.3, -0.25) is 0 Å². The van der Waals surface area contributed by atoms with Crippen LogP contribution in [0.5, 0.6) is 0 Å². The lowest BCUT2D eigenvalue weighted by Crippen LogP contribution is -2.35. The molecule has 0 bridgehead atoms. The van der Waals surface area contributed by atoms with Gasteiger partial charge in [0.25, 0.3) is 0 Å². The zero-order chi connectivity index (χ0) is 14.8. The van der Waals surface area contributed by atoms with E-state index in [2.05, 4.69) is 61.6 Å². The van der Waals surface area contributed by atoms with Crippen LogP contribution in [0.2, 0.25) is 0 Å². The summed E-state index contributed by atoms with van der Waals surface area (Å²) in [5, 5.41) is 3.76. The molecule has 0 spiro atoms. The largest absolute Gasteiger partial charge is 0.383 e. The predicted molar refractivity (Wildman–Crippen MR) is 86.6 cm³/mol. The van der Waals surface area contributed by atoms with Crippen LogP contribution in [0.1, 0.15) is 39.9 Å². The van der Waals surface area contributed by atoms with Gasteiger partial charge in [-0.05, 0) is 37.0 Å². The number of methoxy groups -OCH3 is 1. The standard InChI is InChI=1S/C19H23NO/c1-13-8-14(2)10-16(9-13)18-11-15-6-4-5-7-17(15)19(20-18)12-21-3/h4-10,18-20H,11-12H2,1-3H3/t18-,19?/m0/s1. The number of hydrogen-bond donors (Lipinski definition) is 1. The average Bonchev–Trinajstić information content (AvgIpc) is 2.46. The van der Waals surface area contributed by atoms with Crippen molar-refractivity contribution in [3.8, 4) is 0 Å². The SMILES string of the molecule is COCC1N[C@H](c2cc(C)cc(C)c2)Cc2ccccc21. The molecule has 0 aliphatic carbocycles. The van der Waals surface area contributed by atoms with Crippen LogP contribution in [-0.4, -0.2) is 13.7 Å². The van der Waals surface area contributed by atoms with Crippen molar-refractivity contribution in [1.82, 2.24) is 5.32 Å². The molecule has 2 aromatic carbocycles. The first-order valence-electron chi connectivity index (χ1n) is 7.58. The number of fused-ring (bicyclic) bond motifs is 1. The molecule has 1 aliphatic rings. The van der Waals surface area contributed by atoms with E-state index in [0.717, 1.165) is 6.42 Å². The van der Waals surface area contributed by atoms with Gasteiger partial charge in [-0.15, -0.1) is 0 Å². The molecule has 0 radical (unpaired) electrons. The highest BCUT2D eigenvalue weighted by molar-refractivity contribution is 5.38. The van der Waals surface area contributed by atoms with Crippen molar-refractivity contribution in [3.05, 3.63) is 70.3 Å². The lowest BCUT2D eigenvalue weighted by Gasteiger charge is -2.33. The van der Waals surface area contributed by atoms with Gasteiger partial charge in [0.15, 0.2) is 0 Å². The van der Waals surface area contributed by atoms with Crippen molar-refractivity contribution >= 4 is 0 Å². The molecule has 110 valence electrons. The summed E-state index contributed by atoms with van der Waals surface area (Å²) in [6.45, 7) is 5.04. The Labute approximate surface area is 127 Å². The van der Waals surface area contributed by atoms with E-state index in [0.29, 0.717) is 12.6 Å². The number of nitrogens with one attached hydrogen (secondary N) is 1. The molecule has 2 heteroatoms. The van der Waals surface area contributed by atoms with Crippen LogP contribution < -0.4 is 5.32 Å². The minimum atomic E-state index is 0.269. The summed E-state index contributed by atoms with van der Waals surface area (Å²) in [4.78, 5) is 0. The summed E-state index contributed by atoms with van der Waals surface area (Å²) >= 11 is 0. The van der Waals surface area contributed by atoms with E-state index < -0.39 is 0 Å². The Morgan fingerprint density at radius 1 is 1.10 bits per heavy atom. The molecule has 0 saturated heterocycles. The molecular formula is C19H23NO. The Balaban J connectivity index is 1.95. The van der Waals surface area contributed by atoms with Crippen LogP contribution in [-0.2, 0) is 11.2 Å². The minimum Gasteiger partial charge on any atom is -0.383 e. The smallest absolute Gasteiger partial charge is 0.0657 e. The second-order valence-electron chi connectivity index (χ2n) is 6.05. The van der Waals surface area contributed by atoms with Gasteiger partial charge in [0.05, 0.1) is 12.6 Å². The molecule has 0 amide bonds. The summed E-state index contributed by atoms with van der Waals surface area (Å²) in [5.74, 6) is 0. The quantitative estimate of drug-likeness (QED) is 0.922. The van der Waals surface area contributed by atoms with Crippen LogP contribution in [0.25, 0.3) is 0 Å². The molecule has 0 aromatic heterocycles. The van der Waals surface area contributed by atoms with Crippen molar-refractivity contribution in [2.24, 2.45) is 0 Å². The van der Waals surface area contributed by atoms with Crippen molar-refractivity contribution in [1.29, 1.82) is 0 Å². The van der Waals surface area contributed by atoms with Gasteiger partial charge in [0.1, 0.15) is 0 Å². The first kappa shape index (κ1) is 14.3. The second-order valence-corrected chi connectivity index (χ2v) is 6.05. The maximum atomic E-state index is 5.41. The number of ether oxygens (including phenoxy) is 1. The molecule has 1 N–H and O–H groups in total. The van der Waals surface area contributed by atoms with Gasteiger partial charge in [0, 0.05) is 13.2 Å². The minimum absolute atomic E-state index is 0.269. The van der Waals surface area contributed by atoms with Crippen molar-refractivity contribution in [2.45, 2.75) is 32.4 Å². The van der Waals surface area contributed by atoms with Gasteiger partial charge >= 0.3 is 0 Å². The van der Waals surface area contributed by atoms with Gasteiger partial charge in [-0.25, -0.2) is 0 Å². The summed E-state index contributed by atoms with van der Waals surface area (Å²) < 4.78 is 5.41. The van der Waals surface area contributed by atoms with E-state index in [-0.39, 0.29) is 6.04 Å². The number of benzene rings is 2. The van der Waals surface area contributed by atoms with E-state index in [9.17, 15) is 0 Å². The van der Waals surface area contributed by atoms with Gasteiger partial charge in [-0.1, -0.05) is 53.6 Å². The first-order chi connectivity index (χ1) is 10.2. The van der Waals surface area contributed by atoms with Crippen LogP contribution in [0, 0.1) is 13.8 Å². The van der Waals surface area contributed by atoms with E-state index in [1.54, 1.807) is 7.11 Å². The summed E-state index contributed by atoms with van der Waals surface area (Å²) in [7, 11) is 1.77. The number of hydrogen-bond acceptors (Lipinski definition) is 2. The second kappa shape index (κ2) is 6.00. The van der Waals surface area contributed by atoms with Crippen molar-refractivity contribution in [2.75, 3.05) is 13.7 Å². The van der Waals surface area contributed by atoms with E-state index in [1.165, 1.54) is 27.8 Å². The van der Waals surface area contributed by atoms with E-state index in [4.69, 9.17) is 4.74 Å². The van der Waals surface area contributed by atoms with Gasteiger partial charge in [-0.2, -0.15) is 0 Å². The highest BCUT2D eigenvalue weighted by Crippen LogP contribution is 2.32. The van der Waals surface area contributed by atoms with Crippen LogP contribution in [0.4, 0.5) is 0 Å². The fourth-order valence-corrected chi connectivity index (χ4v) is 3.40. The molecule has 1 aliphatic heterocycles. The lowest BCUT2D eigenvalue weighted by atomic mass is 9.87. The Morgan fingerprint density at radius 2 is 1.81 bits per heavy atom. The van der Waals surface area contributed by atoms with Gasteiger partial charge in [0.2, 0.25) is 0 Å². The van der Waals surface area contributed by atoms with E-state index in [1.807, 2.05) is 0 Å². The highest BCUT2D eigenvalue weighted by Gasteiger charge is 2.26. The van der Waals surface area contributed by atoms with E-state index >= 15 is 0 Å². The molecule has 3 rings (SSSR count). The zero-order valence-electron chi connectivity index (χ0n) is 13.0. The average molecular weight is 281 g/mol. The third-order valence-electron chi connectivity index (χ3n) is 4.24. The van der Waals surface area contributed by atoms with Crippen molar-refractivity contribution in [3.63, 3.8) is 0 Å². The Kier molecular flexibility index (Phi) is 4.09. The third-order valence-corrected chi connectivity index (χ3v) is 4.24. The number of aryl methyl sites for hydroxylation is 2. The molecule has 1 unspecified atom stereocenters. The topological polar surface area (TPSA) is 21.3 Å².